The molecule has 0 unspecified atom stereocenters. The number of hydrogen-bond acceptors (Lipinski definition) is 2. The lowest BCUT2D eigenvalue weighted by Crippen LogP contribution is -2.25. The maximum Gasteiger partial charge on any atom is 0.251 e. The minimum Gasteiger partial charge on any atom is -0.355 e. The molecule has 2 amide bonds. The number of hydrogen-bond donors (Lipinski definition) is 2. The second-order valence-corrected chi connectivity index (χ2v) is 5.98. The van der Waals surface area contributed by atoms with Crippen LogP contribution in [0, 0.1) is 5.82 Å². The summed E-state index contributed by atoms with van der Waals surface area (Å²) < 4.78 is 13.2. The van der Waals surface area contributed by atoms with Crippen LogP contribution in [0.3, 0.4) is 0 Å². The molecule has 3 rings (SSSR count). The van der Waals surface area contributed by atoms with Crippen LogP contribution in [-0.2, 0) is 11.2 Å². The molecule has 0 heterocycles. The van der Waals surface area contributed by atoms with E-state index in [0.717, 1.165) is 29.5 Å². The third-order valence-electron chi connectivity index (χ3n) is 4.33. The van der Waals surface area contributed by atoms with Gasteiger partial charge in [-0.2, -0.15) is 0 Å². The Labute approximate surface area is 145 Å². The summed E-state index contributed by atoms with van der Waals surface area (Å²) in [6.07, 6.45) is 4.71. The standard InChI is InChI=1S/C20H19FN2O2/c1-22-20(25)14-5-2-13(3-6-14)4-11-19(24)23-18-10-7-15-12-16(21)8-9-17(15)18/h2-6,8-9,11-12,18H,7,10H2,1H3,(H,22,25)(H,23,24)/b11-4+/t18-/m0/s1. The first kappa shape index (κ1) is 16.9. The summed E-state index contributed by atoms with van der Waals surface area (Å²) >= 11 is 0. The Morgan fingerprint density at radius 3 is 2.64 bits per heavy atom. The van der Waals surface area contributed by atoms with Gasteiger partial charge in [0.2, 0.25) is 5.91 Å². The van der Waals surface area contributed by atoms with Gasteiger partial charge >= 0.3 is 0 Å². The molecule has 128 valence electrons. The molecule has 2 N–H and O–H groups in total. The molecular formula is C20H19FN2O2. The highest BCUT2D eigenvalue weighted by Gasteiger charge is 2.23. The zero-order chi connectivity index (χ0) is 17.8. The molecule has 4 nitrogen and oxygen atoms in total. The van der Waals surface area contributed by atoms with E-state index in [1.54, 1.807) is 43.5 Å². The minimum absolute atomic E-state index is 0.0802. The molecule has 0 bridgehead atoms. The number of benzene rings is 2. The molecule has 0 fully saturated rings. The van der Waals surface area contributed by atoms with Crippen LogP contribution >= 0.6 is 0 Å². The summed E-state index contributed by atoms with van der Waals surface area (Å²) in [6.45, 7) is 0. The zero-order valence-corrected chi connectivity index (χ0v) is 13.9. The molecule has 2 aromatic carbocycles. The van der Waals surface area contributed by atoms with Gasteiger partial charge in [-0.25, -0.2) is 4.39 Å². The van der Waals surface area contributed by atoms with E-state index >= 15 is 0 Å². The predicted molar refractivity (Wildman–Crippen MR) is 94.5 cm³/mol. The lowest BCUT2D eigenvalue weighted by Gasteiger charge is -2.12. The zero-order valence-electron chi connectivity index (χ0n) is 13.9. The van der Waals surface area contributed by atoms with Crippen LogP contribution in [0.5, 0.6) is 0 Å². The second-order valence-electron chi connectivity index (χ2n) is 5.98. The molecule has 0 saturated carbocycles. The van der Waals surface area contributed by atoms with E-state index in [1.807, 2.05) is 0 Å². The SMILES string of the molecule is CNC(=O)c1ccc(/C=C/C(=O)N[C@H]2CCc3cc(F)ccc32)cc1. The van der Waals surface area contributed by atoms with E-state index in [9.17, 15) is 14.0 Å². The van der Waals surface area contributed by atoms with Gasteiger partial charge in [-0.3, -0.25) is 9.59 Å². The van der Waals surface area contributed by atoms with Crippen molar-refractivity contribution in [2.24, 2.45) is 0 Å². The van der Waals surface area contributed by atoms with Gasteiger partial charge in [0.05, 0.1) is 6.04 Å². The van der Waals surface area contributed by atoms with Crippen LogP contribution in [0.25, 0.3) is 6.08 Å². The van der Waals surface area contributed by atoms with E-state index < -0.39 is 0 Å². The van der Waals surface area contributed by atoms with Crippen LogP contribution < -0.4 is 10.6 Å². The largest absolute Gasteiger partial charge is 0.355 e. The van der Waals surface area contributed by atoms with E-state index in [-0.39, 0.29) is 23.7 Å². The highest BCUT2D eigenvalue weighted by molar-refractivity contribution is 5.95. The molecule has 1 aliphatic carbocycles. The summed E-state index contributed by atoms with van der Waals surface area (Å²) in [6, 6.07) is 11.6. The number of carbonyl (C=O) groups excluding carboxylic acids is 2. The van der Waals surface area contributed by atoms with Crippen molar-refractivity contribution >= 4 is 17.9 Å². The van der Waals surface area contributed by atoms with E-state index in [2.05, 4.69) is 10.6 Å². The summed E-state index contributed by atoms with van der Waals surface area (Å²) in [4.78, 5) is 23.6. The second kappa shape index (κ2) is 7.30. The van der Waals surface area contributed by atoms with Crippen molar-refractivity contribution in [3.05, 3.63) is 76.6 Å². The van der Waals surface area contributed by atoms with Gasteiger partial charge in [0.15, 0.2) is 0 Å². The van der Waals surface area contributed by atoms with Crippen molar-refractivity contribution in [1.82, 2.24) is 10.6 Å². The smallest absolute Gasteiger partial charge is 0.251 e. The Morgan fingerprint density at radius 1 is 1.16 bits per heavy atom. The van der Waals surface area contributed by atoms with Crippen LogP contribution in [0.1, 0.15) is 39.5 Å². The molecule has 5 heteroatoms. The Kier molecular flexibility index (Phi) is 4.93. The molecule has 25 heavy (non-hydrogen) atoms. The molecule has 0 aliphatic heterocycles. The van der Waals surface area contributed by atoms with Gasteiger partial charge < -0.3 is 10.6 Å². The van der Waals surface area contributed by atoms with Crippen LogP contribution in [-0.4, -0.2) is 18.9 Å². The van der Waals surface area contributed by atoms with E-state index in [0.29, 0.717) is 5.56 Å². The lowest BCUT2D eigenvalue weighted by atomic mass is 10.1. The number of amides is 2. The number of carbonyl (C=O) groups is 2. The first-order valence-electron chi connectivity index (χ1n) is 8.16. The minimum atomic E-state index is -0.245. The lowest BCUT2D eigenvalue weighted by molar-refractivity contribution is -0.117. The van der Waals surface area contributed by atoms with Gasteiger partial charge in [-0.15, -0.1) is 0 Å². The molecule has 2 aromatic rings. The monoisotopic (exact) mass is 338 g/mol. The Balaban J connectivity index is 1.62. The maximum absolute atomic E-state index is 13.2. The predicted octanol–water partition coefficient (Wildman–Crippen LogP) is 3.00. The van der Waals surface area contributed by atoms with Crippen molar-refractivity contribution in [3.8, 4) is 0 Å². The number of rotatable bonds is 4. The Morgan fingerprint density at radius 2 is 1.92 bits per heavy atom. The molecule has 1 atom stereocenters. The number of halogens is 1. The first-order valence-corrected chi connectivity index (χ1v) is 8.16. The van der Waals surface area contributed by atoms with Gasteiger partial charge in [-0.1, -0.05) is 18.2 Å². The molecule has 1 aliphatic rings. The van der Waals surface area contributed by atoms with Crippen molar-refractivity contribution in [1.29, 1.82) is 0 Å². The highest BCUT2D eigenvalue weighted by Crippen LogP contribution is 2.31. The van der Waals surface area contributed by atoms with Crippen molar-refractivity contribution in [2.45, 2.75) is 18.9 Å². The molecule has 0 radical (unpaired) electrons. The summed E-state index contributed by atoms with van der Waals surface area (Å²) in [7, 11) is 1.58. The molecular weight excluding hydrogens is 319 g/mol. The third kappa shape index (κ3) is 3.94. The molecule has 0 spiro atoms. The number of fused-ring (bicyclic) bond motifs is 1. The maximum atomic E-state index is 13.2. The van der Waals surface area contributed by atoms with Crippen LogP contribution in [0.4, 0.5) is 4.39 Å². The summed E-state index contributed by atoms with van der Waals surface area (Å²) in [5.41, 5.74) is 3.34. The number of aryl methyl sites for hydroxylation is 1. The molecule has 0 aromatic heterocycles. The number of nitrogens with one attached hydrogen (secondary N) is 2. The molecule has 0 saturated heterocycles. The van der Waals surface area contributed by atoms with Crippen LogP contribution in [0.15, 0.2) is 48.5 Å². The Bertz CT molecular complexity index is 828. The van der Waals surface area contributed by atoms with Crippen molar-refractivity contribution in [2.75, 3.05) is 7.05 Å². The quantitative estimate of drug-likeness (QED) is 0.842. The van der Waals surface area contributed by atoms with Gasteiger partial charge in [0.1, 0.15) is 5.82 Å². The first-order chi connectivity index (χ1) is 12.1. The summed E-state index contributed by atoms with van der Waals surface area (Å²) in [5.74, 6) is -0.590. The average Bonchev–Trinajstić information content (AvgIpc) is 3.01. The fourth-order valence-electron chi connectivity index (χ4n) is 3.02. The van der Waals surface area contributed by atoms with E-state index in [1.165, 1.54) is 18.2 Å². The third-order valence-corrected chi connectivity index (χ3v) is 4.33. The van der Waals surface area contributed by atoms with E-state index in [4.69, 9.17) is 0 Å². The summed E-state index contributed by atoms with van der Waals surface area (Å²) in [5, 5.41) is 5.51. The van der Waals surface area contributed by atoms with Gasteiger partial charge in [0, 0.05) is 18.7 Å². The van der Waals surface area contributed by atoms with Crippen molar-refractivity contribution in [3.63, 3.8) is 0 Å². The van der Waals surface area contributed by atoms with Crippen LogP contribution in [0.2, 0.25) is 0 Å². The normalized spacial score (nSPS) is 15.8. The topological polar surface area (TPSA) is 58.2 Å². The Hall–Kier alpha value is -2.95. The fraction of sp³-hybridized carbons (Fsp3) is 0.200. The van der Waals surface area contributed by atoms with Crippen molar-refractivity contribution < 1.29 is 14.0 Å². The fourth-order valence-corrected chi connectivity index (χ4v) is 3.02. The van der Waals surface area contributed by atoms with Gasteiger partial charge in [-0.05, 0) is 59.9 Å². The highest BCUT2D eigenvalue weighted by atomic mass is 19.1. The van der Waals surface area contributed by atoms with Gasteiger partial charge in [0.25, 0.3) is 5.91 Å². The average molecular weight is 338 g/mol.